The standard InChI is InChI=1S/C29H39N7O4/c1-34(2)29(39)32-28-31-25-18-24(40-17-9-12-26(37)33-36-15-7-4-8-16-36)14-13-23(25)20-35(28)21-27(38)30-19-22-10-5-3-6-11-22/h3,5-6,10-11,13-14,18H,4,7-9,12,15-17,19-21H2,1-2H3,(H,30,38)(H,33,37)(H,31,32,39). The number of nitrogens with one attached hydrogen (secondary N) is 3. The van der Waals surface area contributed by atoms with Crippen molar-refractivity contribution in [2.24, 2.45) is 4.99 Å². The minimum Gasteiger partial charge on any atom is -0.494 e. The first kappa shape index (κ1) is 28.9. The highest BCUT2D eigenvalue weighted by Gasteiger charge is 2.24. The van der Waals surface area contributed by atoms with Crippen LogP contribution in [0.2, 0.25) is 0 Å². The summed E-state index contributed by atoms with van der Waals surface area (Å²) in [6.45, 7) is 3.07. The number of rotatable bonds is 10. The minimum atomic E-state index is -0.341. The van der Waals surface area contributed by atoms with E-state index >= 15 is 0 Å². The van der Waals surface area contributed by atoms with Crippen molar-refractivity contribution < 1.29 is 19.1 Å². The second-order valence-corrected chi connectivity index (χ2v) is 10.2. The number of benzene rings is 2. The zero-order valence-electron chi connectivity index (χ0n) is 23.3. The number of hydrogen-bond donors (Lipinski definition) is 3. The van der Waals surface area contributed by atoms with E-state index in [2.05, 4.69) is 21.1 Å². The molecule has 2 aliphatic rings. The van der Waals surface area contributed by atoms with Crippen LogP contribution in [0.5, 0.6) is 5.75 Å². The van der Waals surface area contributed by atoms with Gasteiger partial charge in [-0.25, -0.2) is 14.8 Å². The van der Waals surface area contributed by atoms with Gasteiger partial charge in [-0.2, -0.15) is 0 Å². The second kappa shape index (κ2) is 14.3. The van der Waals surface area contributed by atoms with Crippen LogP contribution < -0.4 is 20.8 Å². The van der Waals surface area contributed by atoms with Gasteiger partial charge in [-0.05, 0) is 36.5 Å². The molecule has 0 radical (unpaired) electrons. The van der Waals surface area contributed by atoms with Gasteiger partial charge in [-0.1, -0.05) is 42.8 Å². The van der Waals surface area contributed by atoms with Gasteiger partial charge in [0.2, 0.25) is 17.8 Å². The molecule has 214 valence electrons. The molecule has 2 aromatic carbocycles. The largest absolute Gasteiger partial charge is 0.494 e. The summed E-state index contributed by atoms with van der Waals surface area (Å²) in [7, 11) is 3.28. The highest BCUT2D eigenvalue weighted by Crippen LogP contribution is 2.30. The minimum absolute atomic E-state index is 0.00899. The maximum atomic E-state index is 12.7. The quantitative estimate of drug-likeness (QED) is 0.392. The van der Waals surface area contributed by atoms with Crippen LogP contribution in [0.1, 0.15) is 43.2 Å². The zero-order valence-corrected chi connectivity index (χ0v) is 23.3. The smallest absolute Gasteiger partial charge is 0.323 e. The summed E-state index contributed by atoms with van der Waals surface area (Å²) in [5.74, 6) is 0.761. The molecule has 4 amide bonds. The van der Waals surface area contributed by atoms with E-state index in [1.54, 1.807) is 19.0 Å². The van der Waals surface area contributed by atoms with E-state index in [-0.39, 0.29) is 24.4 Å². The lowest BCUT2D eigenvalue weighted by Gasteiger charge is -2.30. The van der Waals surface area contributed by atoms with Crippen LogP contribution in [-0.2, 0) is 22.7 Å². The van der Waals surface area contributed by atoms with Gasteiger partial charge >= 0.3 is 6.03 Å². The number of carbonyl (C=O) groups excluding carboxylic acids is 3. The van der Waals surface area contributed by atoms with Gasteiger partial charge in [0.1, 0.15) is 12.3 Å². The summed E-state index contributed by atoms with van der Waals surface area (Å²) in [6, 6.07) is 14.9. The highest BCUT2D eigenvalue weighted by atomic mass is 16.5. The molecule has 40 heavy (non-hydrogen) atoms. The molecule has 0 saturated carbocycles. The summed E-state index contributed by atoms with van der Waals surface area (Å²) < 4.78 is 5.90. The van der Waals surface area contributed by atoms with Crippen molar-refractivity contribution in [2.75, 3.05) is 40.3 Å². The van der Waals surface area contributed by atoms with Crippen molar-refractivity contribution in [1.29, 1.82) is 0 Å². The molecular weight excluding hydrogens is 510 g/mol. The van der Waals surface area contributed by atoms with Crippen LogP contribution in [0.3, 0.4) is 0 Å². The lowest BCUT2D eigenvalue weighted by molar-refractivity contribution is -0.126. The third-order valence-corrected chi connectivity index (χ3v) is 6.69. The Morgan fingerprint density at radius 3 is 2.52 bits per heavy atom. The van der Waals surface area contributed by atoms with Crippen molar-refractivity contribution in [3.63, 3.8) is 0 Å². The molecule has 1 fully saturated rings. The van der Waals surface area contributed by atoms with Gasteiger partial charge in [-0.15, -0.1) is 0 Å². The predicted molar refractivity (Wildman–Crippen MR) is 153 cm³/mol. The Morgan fingerprint density at radius 2 is 1.77 bits per heavy atom. The fourth-order valence-corrected chi connectivity index (χ4v) is 4.47. The molecule has 0 unspecified atom stereocenters. The SMILES string of the molecule is CN(C)C(=O)NC1=Nc2cc(OCCCC(=O)NN3CCCCC3)ccc2CN1CC(=O)NCc1ccccc1. The van der Waals surface area contributed by atoms with Crippen molar-refractivity contribution in [2.45, 2.75) is 45.2 Å². The average molecular weight is 550 g/mol. The fraction of sp³-hybridized carbons (Fsp3) is 0.448. The molecule has 11 nitrogen and oxygen atoms in total. The average Bonchev–Trinajstić information content (AvgIpc) is 2.95. The van der Waals surface area contributed by atoms with Crippen molar-refractivity contribution in [1.82, 2.24) is 30.9 Å². The Labute approximate surface area is 235 Å². The predicted octanol–water partition coefficient (Wildman–Crippen LogP) is 2.75. The van der Waals surface area contributed by atoms with E-state index in [0.29, 0.717) is 49.9 Å². The van der Waals surface area contributed by atoms with E-state index < -0.39 is 0 Å². The number of hydrazine groups is 1. The lowest BCUT2D eigenvalue weighted by Crippen LogP contribution is -2.50. The Morgan fingerprint density at radius 1 is 1.00 bits per heavy atom. The molecule has 2 aromatic rings. The first-order chi connectivity index (χ1) is 19.4. The van der Waals surface area contributed by atoms with E-state index in [9.17, 15) is 14.4 Å². The van der Waals surface area contributed by atoms with Crippen molar-refractivity contribution in [3.05, 3.63) is 59.7 Å². The number of amides is 4. The second-order valence-electron chi connectivity index (χ2n) is 10.2. The Balaban J connectivity index is 1.33. The highest BCUT2D eigenvalue weighted by molar-refractivity contribution is 5.99. The number of urea groups is 1. The number of aliphatic imine (C=N–C) groups is 1. The van der Waals surface area contributed by atoms with E-state index in [4.69, 9.17) is 4.74 Å². The molecule has 3 N–H and O–H groups in total. The molecule has 0 aromatic heterocycles. The number of fused-ring (bicyclic) bond motifs is 1. The first-order valence-electron chi connectivity index (χ1n) is 13.8. The van der Waals surface area contributed by atoms with E-state index in [1.807, 2.05) is 53.5 Å². The van der Waals surface area contributed by atoms with Gasteiger partial charge in [0.05, 0.1) is 12.3 Å². The summed E-state index contributed by atoms with van der Waals surface area (Å²) in [5, 5.41) is 7.72. The summed E-state index contributed by atoms with van der Waals surface area (Å²) in [4.78, 5) is 45.2. The van der Waals surface area contributed by atoms with E-state index in [0.717, 1.165) is 37.1 Å². The van der Waals surface area contributed by atoms with Crippen LogP contribution in [0.25, 0.3) is 0 Å². The Hall–Kier alpha value is -4.12. The van der Waals surface area contributed by atoms with Gasteiger partial charge in [0, 0.05) is 52.8 Å². The molecule has 2 heterocycles. The number of carbonyl (C=O) groups is 3. The van der Waals surface area contributed by atoms with Gasteiger partial charge in [0.15, 0.2) is 0 Å². The number of piperidine rings is 1. The zero-order chi connectivity index (χ0) is 28.3. The number of ether oxygens (including phenoxy) is 1. The maximum Gasteiger partial charge on any atom is 0.323 e. The Bertz CT molecular complexity index is 1200. The topological polar surface area (TPSA) is 119 Å². The van der Waals surface area contributed by atoms with Crippen LogP contribution in [0.15, 0.2) is 53.5 Å². The van der Waals surface area contributed by atoms with Gasteiger partial charge in [0.25, 0.3) is 0 Å². The van der Waals surface area contributed by atoms with Crippen LogP contribution in [0.4, 0.5) is 10.5 Å². The normalized spacial score (nSPS) is 14.9. The molecule has 0 aliphatic carbocycles. The van der Waals surface area contributed by atoms with E-state index in [1.165, 1.54) is 11.3 Å². The molecular formula is C29H39N7O4. The van der Waals surface area contributed by atoms with Crippen LogP contribution in [0, 0.1) is 0 Å². The third-order valence-electron chi connectivity index (χ3n) is 6.69. The summed E-state index contributed by atoms with van der Waals surface area (Å²) in [5.41, 5.74) is 5.55. The number of nitrogens with zero attached hydrogens (tertiary/aromatic N) is 4. The summed E-state index contributed by atoms with van der Waals surface area (Å²) >= 11 is 0. The lowest BCUT2D eigenvalue weighted by atomic mass is 10.1. The fourth-order valence-electron chi connectivity index (χ4n) is 4.47. The Kier molecular flexibility index (Phi) is 10.3. The van der Waals surface area contributed by atoms with Gasteiger partial charge in [-0.3, -0.25) is 20.3 Å². The molecule has 4 rings (SSSR count). The monoisotopic (exact) mass is 549 g/mol. The van der Waals surface area contributed by atoms with Gasteiger partial charge < -0.3 is 19.9 Å². The van der Waals surface area contributed by atoms with Crippen LogP contribution in [-0.4, -0.2) is 79.0 Å². The summed E-state index contributed by atoms with van der Waals surface area (Å²) in [6.07, 6.45) is 4.43. The molecule has 0 atom stereocenters. The first-order valence-corrected chi connectivity index (χ1v) is 13.8. The van der Waals surface area contributed by atoms with Crippen molar-refractivity contribution in [3.8, 4) is 5.75 Å². The molecule has 0 spiro atoms. The molecule has 2 aliphatic heterocycles. The third kappa shape index (κ3) is 8.70. The molecule has 0 bridgehead atoms. The number of hydrogen-bond acceptors (Lipinski definition) is 7. The maximum absolute atomic E-state index is 12.7. The molecule has 11 heteroatoms. The van der Waals surface area contributed by atoms with Crippen LogP contribution >= 0.6 is 0 Å². The molecule has 1 saturated heterocycles. The number of guanidine groups is 1. The van der Waals surface area contributed by atoms with Crippen molar-refractivity contribution >= 4 is 29.5 Å².